The van der Waals surface area contributed by atoms with E-state index in [1.165, 1.54) is 26.1 Å². The summed E-state index contributed by atoms with van der Waals surface area (Å²) in [7, 11) is 0. The minimum absolute atomic E-state index is 0.362. The van der Waals surface area contributed by atoms with E-state index in [0.717, 1.165) is 26.1 Å². The summed E-state index contributed by atoms with van der Waals surface area (Å²) in [5.41, 5.74) is 2.69. The Balaban J connectivity index is 1.62. The first-order valence-corrected chi connectivity index (χ1v) is 7.96. The smallest absolute Gasteiger partial charge is 0.116 e. The summed E-state index contributed by atoms with van der Waals surface area (Å²) >= 11 is 1.85. The van der Waals surface area contributed by atoms with Gasteiger partial charge in [-0.3, -0.25) is 9.88 Å². The molecule has 1 aromatic carbocycles. The Morgan fingerprint density at radius 3 is 3.10 bits per heavy atom. The highest BCUT2D eigenvalue weighted by Crippen LogP contribution is 2.37. The molecule has 3 aromatic rings. The summed E-state index contributed by atoms with van der Waals surface area (Å²) in [5.74, 6) is 0.362. The number of rotatable bonds is 2. The van der Waals surface area contributed by atoms with E-state index >= 15 is 0 Å². The number of fused-ring (bicyclic) bond motifs is 3. The summed E-state index contributed by atoms with van der Waals surface area (Å²) in [6.07, 6.45) is 4.81. The highest BCUT2D eigenvalue weighted by atomic mass is 32.1. The van der Waals surface area contributed by atoms with Crippen LogP contribution < -0.4 is 0 Å². The fourth-order valence-electron chi connectivity index (χ4n) is 3.03. The Bertz CT molecular complexity index is 782. The van der Waals surface area contributed by atoms with Crippen LogP contribution in [-0.4, -0.2) is 21.5 Å². The number of thiophene rings is 1. The second kappa shape index (κ2) is 5.13. The number of benzene rings is 1. The van der Waals surface area contributed by atoms with Crippen LogP contribution >= 0.6 is 11.3 Å². The van der Waals surface area contributed by atoms with Gasteiger partial charge in [0.25, 0.3) is 0 Å². The molecule has 0 bridgehead atoms. The van der Waals surface area contributed by atoms with Gasteiger partial charge in [0.1, 0.15) is 5.75 Å². The van der Waals surface area contributed by atoms with Crippen molar-refractivity contribution in [2.45, 2.75) is 19.5 Å². The molecule has 0 atom stereocenters. The minimum atomic E-state index is 0.362. The molecule has 4 rings (SSSR count). The van der Waals surface area contributed by atoms with Gasteiger partial charge in [0.05, 0.1) is 0 Å². The van der Waals surface area contributed by atoms with Crippen molar-refractivity contribution in [1.29, 1.82) is 0 Å². The van der Waals surface area contributed by atoms with Gasteiger partial charge in [-0.25, -0.2) is 0 Å². The van der Waals surface area contributed by atoms with Crippen molar-refractivity contribution >= 4 is 21.4 Å². The third-order valence-electron chi connectivity index (χ3n) is 4.03. The summed E-state index contributed by atoms with van der Waals surface area (Å²) in [6, 6.07) is 9.83. The Kier molecular flexibility index (Phi) is 3.13. The molecule has 0 aliphatic carbocycles. The molecule has 3 nitrogen and oxygen atoms in total. The van der Waals surface area contributed by atoms with Crippen LogP contribution in [0.4, 0.5) is 0 Å². The van der Waals surface area contributed by atoms with Gasteiger partial charge in [0, 0.05) is 41.6 Å². The van der Waals surface area contributed by atoms with Crippen molar-refractivity contribution in [3.8, 4) is 5.75 Å². The maximum atomic E-state index is 9.68. The number of nitrogens with zero attached hydrogens (tertiary/aromatic N) is 2. The van der Waals surface area contributed by atoms with Crippen molar-refractivity contribution in [2.75, 3.05) is 6.54 Å². The second-order valence-electron chi connectivity index (χ2n) is 5.51. The van der Waals surface area contributed by atoms with Gasteiger partial charge < -0.3 is 5.11 Å². The molecule has 1 aliphatic heterocycles. The van der Waals surface area contributed by atoms with Crippen LogP contribution in [-0.2, 0) is 19.5 Å². The quantitative estimate of drug-likeness (QED) is 0.785. The summed E-state index contributed by atoms with van der Waals surface area (Å²) in [5, 5.41) is 10.9. The van der Waals surface area contributed by atoms with Crippen molar-refractivity contribution in [1.82, 2.24) is 9.88 Å². The number of pyridine rings is 1. The predicted molar refractivity (Wildman–Crippen MR) is 85.5 cm³/mol. The number of phenols is 1. The highest BCUT2D eigenvalue weighted by Gasteiger charge is 2.21. The summed E-state index contributed by atoms with van der Waals surface area (Å²) in [4.78, 5) is 8.09. The Morgan fingerprint density at radius 2 is 2.24 bits per heavy atom. The topological polar surface area (TPSA) is 36.4 Å². The molecule has 106 valence electrons. The first-order valence-electron chi connectivity index (χ1n) is 7.14. The summed E-state index contributed by atoms with van der Waals surface area (Å²) < 4.78 is 1.28. The molecule has 0 saturated carbocycles. The second-order valence-corrected chi connectivity index (χ2v) is 6.64. The van der Waals surface area contributed by atoms with E-state index in [1.807, 2.05) is 41.9 Å². The van der Waals surface area contributed by atoms with E-state index < -0.39 is 0 Å². The minimum Gasteiger partial charge on any atom is -0.508 e. The Morgan fingerprint density at radius 1 is 1.29 bits per heavy atom. The molecular formula is C17H16N2OS. The standard InChI is InChI=1S/C17H16N2OS/c20-13-3-4-16-15(8-13)14-5-7-19(11-17(14)21-16)10-12-2-1-6-18-9-12/h1-4,6,8-9,20H,5,7,10-11H2. The lowest BCUT2D eigenvalue weighted by molar-refractivity contribution is 0.249. The van der Waals surface area contributed by atoms with Crippen molar-refractivity contribution < 1.29 is 5.11 Å². The fraction of sp³-hybridized carbons (Fsp3) is 0.235. The van der Waals surface area contributed by atoms with E-state index in [2.05, 4.69) is 16.0 Å². The van der Waals surface area contributed by atoms with Crippen molar-refractivity contribution in [3.63, 3.8) is 0 Å². The first-order chi connectivity index (χ1) is 10.3. The van der Waals surface area contributed by atoms with Gasteiger partial charge in [-0.2, -0.15) is 0 Å². The van der Waals surface area contributed by atoms with Gasteiger partial charge in [-0.05, 0) is 47.2 Å². The van der Waals surface area contributed by atoms with E-state index in [9.17, 15) is 5.11 Å². The Labute approximate surface area is 127 Å². The number of hydrogen-bond acceptors (Lipinski definition) is 4. The molecule has 3 heterocycles. The lowest BCUT2D eigenvalue weighted by atomic mass is 10.0. The van der Waals surface area contributed by atoms with Crippen molar-refractivity contribution in [2.24, 2.45) is 0 Å². The molecule has 2 aromatic heterocycles. The largest absolute Gasteiger partial charge is 0.508 e. The van der Waals surface area contributed by atoms with Crippen LogP contribution in [0.2, 0.25) is 0 Å². The van der Waals surface area contributed by atoms with Crippen LogP contribution in [0.1, 0.15) is 16.0 Å². The molecule has 0 spiro atoms. The normalized spacial score (nSPS) is 15.2. The van der Waals surface area contributed by atoms with Gasteiger partial charge >= 0.3 is 0 Å². The van der Waals surface area contributed by atoms with Gasteiger partial charge in [-0.15, -0.1) is 11.3 Å². The molecule has 0 radical (unpaired) electrons. The average Bonchev–Trinajstić information content (AvgIpc) is 2.85. The summed E-state index contributed by atoms with van der Waals surface area (Å²) in [6.45, 7) is 3.00. The number of aromatic hydroxyl groups is 1. The molecule has 21 heavy (non-hydrogen) atoms. The van der Waals surface area contributed by atoms with Crippen LogP contribution in [0.5, 0.6) is 5.75 Å². The van der Waals surface area contributed by atoms with Gasteiger partial charge in [0.2, 0.25) is 0 Å². The van der Waals surface area contributed by atoms with Crippen LogP contribution in [0, 0.1) is 0 Å². The molecule has 0 saturated heterocycles. The number of aromatic nitrogens is 1. The third kappa shape index (κ3) is 2.41. The highest BCUT2D eigenvalue weighted by molar-refractivity contribution is 7.19. The van der Waals surface area contributed by atoms with E-state index in [-0.39, 0.29) is 0 Å². The molecule has 0 amide bonds. The van der Waals surface area contributed by atoms with E-state index in [4.69, 9.17) is 0 Å². The van der Waals surface area contributed by atoms with Gasteiger partial charge in [-0.1, -0.05) is 6.07 Å². The lowest BCUT2D eigenvalue weighted by Gasteiger charge is -2.26. The Hall–Kier alpha value is -1.91. The monoisotopic (exact) mass is 296 g/mol. The SMILES string of the molecule is Oc1ccc2sc3c(c2c1)CCN(Cc1cccnc1)C3. The van der Waals surface area contributed by atoms with Gasteiger partial charge in [0.15, 0.2) is 0 Å². The molecule has 0 fully saturated rings. The lowest BCUT2D eigenvalue weighted by Crippen LogP contribution is -2.29. The zero-order chi connectivity index (χ0) is 14.2. The first kappa shape index (κ1) is 12.8. The van der Waals surface area contributed by atoms with Crippen LogP contribution in [0.15, 0.2) is 42.7 Å². The van der Waals surface area contributed by atoms with Crippen molar-refractivity contribution in [3.05, 3.63) is 58.7 Å². The third-order valence-corrected chi connectivity index (χ3v) is 5.23. The zero-order valence-electron chi connectivity index (χ0n) is 11.6. The number of phenolic OH excluding ortho intramolecular Hbond substituents is 1. The molecule has 0 unspecified atom stereocenters. The molecular weight excluding hydrogens is 280 g/mol. The maximum Gasteiger partial charge on any atom is 0.116 e. The molecule has 1 aliphatic rings. The maximum absolute atomic E-state index is 9.68. The van der Waals surface area contributed by atoms with E-state index in [1.54, 1.807) is 6.07 Å². The van der Waals surface area contributed by atoms with E-state index in [0.29, 0.717) is 5.75 Å². The average molecular weight is 296 g/mol. The van der Waals surface area contributed by atoms with Crippen LogP contribution in [0.25, 0.3) is 10.1 Å². The fourth-order valence-corrected chi connectivity index (χ4v) is 4.30. The number of hydrogen-bond donors (Lipinski definition) is 1. The molecule has 1 N–H and O–H groups in total. The van der Waals surface area contributed by atoms with Crippen LogP contribution in [0.3, 0.4) is 0 Å². The molecule has 4 heteroatoms. The zero-order valence-corrected chi connectivity index (χ0v) is 12.4. The predicted octanol–water partition coefficient (Wildman–Crippen LogP) is 3.56.